The molecule has 2 rings (SSSR count). The van der Waals surface area contributed by atoms with Crippen LogP contribution in [-0.2, 0) is 9.53 Å². The molecule has 2 fully saturated rings. The van der Waals surface area contributed by atoms with E-state index in [-0.39, 0.29) is 18.1 Å². The van der Waals surface area contributed by atoms with Crippen LogP contribution < -0.4 is 0 Å². The molecule has 3 heteroatoms. The van der Waals surface area contributed by atoms with E-state index in [1.165, 1.54) is 0 Å². The molecule has 0 aliphatic carbocycles. The first kappa shape index (κ1) is 6.16. The predicted octanol–water partition coefficient (Wildman–Crippen LogP) is 0.639. The Morgan fingerprint density at radius 2 is 2.30 bits per heavy atom. The lowest BCUT2D eigenvalue weighted by Crippen LogP contribution is -2.24. The molecule has 0 saturated carbocycles. The van der Waals surface area contributed by atoms with Gasteiger partial charge in [0.05, 0.1) is 18.1 Å². The van der Waals surface area contributed by atoms with Crippen LogP contribution in [0.2, 0.25) is 0 Å². The first-order valence-electron chi connectivity index (χ1n) is 3.65. The maximum absolute atomic E-state index is 10.5. The predicted molar refractivity (Wildman–Crippen MR) is 33.6 cm³/mol. The normalized spacial score (nSPS) is 44.2. The van der Waals surface area contributed by atoms with Gasteiger partial charge < -0.3 is 9.84 Å². The summed E-state index contributed by atoms with van der Waals surface area (Å²) in [4.78, 5) is 10.5. The highest BCUT2D eigenvalue weighted by molar-refractivity contribution is 5.71. The van der Waals surface area contributed by atoms with E-state index < -0.39 is 5.97 Å². The molecule has 0 spiro atoms. The van der Waals surface area contributed by atoms with Gasteiger partial charge in [-0.05, 0) is 19.3 Å². The van der Waals surface area contributed by atoms with Gasteiger partial charge in [-0.15, -0.1) is 0 Å². The lowest BCUT2D eigenvalue weighted by Gasteiger charge is -2.12. The molecule has 1 N–H and O–H groups in total. The number of carboxylic acids is 1. The minimum atomic E-state index is -0.688. The van der Waals surface area contributed by atoms with E-state index in [1.54, 1.807) is 0 Å². The molecule has 3 atom stereocenters. The summed E-state index contributed by atoms with van der Waals surface area (Å²) < 4.78 is 5.37. The van der Waals surface area contributed by atoms with Crippen LogP contribution in [0.4, 0.5) is 0 Å². The zero-order valence-electron chi connectivity index (χ0n) is 5.62. The lowest BCUT2D eigenvalue weighted by molar-refractivity contribution is -0.143. The van der Waals surface area contributed by atoms with Gasteiger partial charge in [0.1, 0.15) is 0 Å². The van der Waals surface area contributed by atoms with Gasteiger partial charge in [0.15, 0.2) is 0 Å². The fraction of sp³-hybridized carbons (Fsp3) is 0.857. The van der Waals surface area contributed by atoms with Crippen LogP contribution in [0.25, 0.3) is 0 Å². The Morgan fingerprint density at radius 3 is 2.60 bits per heavy atom. The van der Waals surface area contributed by atoms with Crippen molar-refractivity contribution in [2.45, 2.75) is 31.5 Å². The van der Waals surface area contributed by atoms with E-state index in [0.29, 0.717) is 0 Å². The van der Waals surface area contributed by atoms with Crippen molar-refractivity contribution >= 4 is 5.97 Å². The molecule has 0 aromatic heterocycles. The third-order valence-electron chi connectivity index (χ3n) is 2.42. The Balaban J connectivity index is 2.08. The van der Waals surface area contributed by atoms with Crippen LogP contribution in [-0.4, -0.2) is 23.3 Å². The van der Waals surface area contributed by atoms with Crippen LogP contribution in [0.1, 0.15) is 19.3 Å². The summed E-state index contributed by atoms with van der Waals surface area (Å²) in [5.74, 6) is -0.897. The second kappa shape index (κ2) is 1.95. The molecule has 2 aliphatic heterocycles. The van der Waals surface area contributed by atoms with Crippen molar-refractivity contribution in [2.75, 3.05) is 0 Å². The van der Waals surface area contributed by atoms with Gasteiger partial charge in [-0.2, -0.15) is 0 Å². The second-order valence-corrected chi connectivity index (χ2v) is 3.05. The van der Waals surface area contributed by atoms with Crippen molar-refractivity contribution in [1.29, 1.82) is 0 Å². The molecule has 0 radical (unpaired) electrons. The maximum atomic E-state index is 10.5. The van der Waals surface area contributed by atoms with Crippen molar-refractivity contribution in [3.05, 3.63) is 0 Å². The summed E-state index contributed by atoms with van der Waals surface area (Å²) >= 11 is 0. The molecule has 0 aromatic rings. The molecule has 2 aliphatic rings. The average Bonchev–Trinajstić information content (AvgIpc) is 2.44. The van der Waals surface area contributed by atoms with Gasteiger partial charge in [0.25, 0.3) is 0 Å². The molecule has 0 unspecified atom stereocenters. The summed E-state index contributed by atoms with van der Waals surface area (Å²) in [6.07, 6.45) is 3.03. The van der Waals surface area contributed by atoms with Crippen molar-refractivity contribution in [2.24, 2.45) is 5.92 Å². The standard InChI is InChI=1S/C7H10O3/c8-7(9)5-3-4-1-2-6(5)10-4/h4-6H,1-3H2,(H,8,9)/t4-,5-,6+/m0/s1. The average molecular weight is 142 g/mol. The number of aliphatic carboxylic acids is 1. The minimum Gasteiger partial charge on any atom is -0.481 e. The van der Waals surface area contributed by atoms with Gasteiger partial charge in [-0.25, -0.2) is 0 Å². The van der Waals surface area contributed by atoms with Gasteiger partial charge in [0.2, 0.25) is 0 Å². The van der Waals surface area contributed by atoms with Gasteiger partial charge in [-0.3, -0.25) is 4.79 Å². The lowest BCUT2D eigenvalue weighted by atomic mass is 9.89. The zero-order valence-corrected chi connectivity index (χ0v) is 5.62. The Morgan fingerprint density at radius 1 is 1.50 bits per heavy atom. The van der Waals surface area contributed by atoms with Crippen LogP contribution in [0.3, 0.4) is 0 Å². The van der Waals surface area contributed by atoms with E-state index in [2.05, 4.69) is 0 Å². The van der Waals surface area contributed by atoms with Crippen molar-refractivity contribution in [3.63, 3.8) is 0 Å². The Hall–Kier alpha value is -0.570. The van der Waals surface area contributed by atoms with Crippen LogP contribution in [0.15, 0.2) is 0 Å². The smallest absolute Gasteiger partial charge is 0.309 e. The fourth-order valence-corrected chi connectivity index (χ4v) is 1.90. The Bertz CT molecular complexity index is 166. The number of fused-ring (bicyclic) bond motifs is 2. The fourth-order valence-electron chi connectivity index (χ4n) is 1.90. The first-order chi connectivity index (χ1) is 4.77. The molecule has 3 nitrogen and oxygen atoms in total. The maximum Gasteiger partial charge on any atom is 0.309 e. The largest absolute Gasteiger partial charge is 0.481 e. The molecular formula is C7H10O3. The topological polar surface area (TPSA) is 46.5 Å². The highest BCUT2D eigenvalue weighted by Gasteiger charge is 2.44. The van der Waals surface area contributed by atoms with Gasteiger partial charge in [0, 0.05) is 0 Å². The van der Waals surface area contributed by atoms with Crippen LogP contribution >= 0.6 is 0 Å². The number of rotatable bonds is 1. The van der Waals surface area contributed by atoms with E-state index in [9.17, 15) is 4.79 Å². The molecule has 56 valence electrons. The molecule has 2 heterocycles. The number of ether oxygens (including phenoxy) is 1. The number of carboxylic acid groups (broad SMARTS) is 1. The van der Waals surface area contributed by atoms with Crippen LogP contribution in [0, 0.1) is 5.92 Å². The number of carbonyl (C=O) groups is 1. The number of hydrogen-bond acceptors (Lipinski definition) is 2. The zero-order chi connectivity index (χ0) is 7.14. The number of hydrogen-bond donors (Lipinski definition) is 1. The summed E-state index contributed by atoms with van der Waals surface area (Å²) in [7, 11) is 0. The molecule has 0 aromatic carbocycles. The summed E-state index contributed by atoms with van der Waals surface area (Å²) in [5, 5.41) is 8.66. The summed E-state index contributed by atoms with van der Waals surface area (Å²) in [6, 6.07) is 0. The quantitative estimate of drug-likeness (QED) is 0.584. The first-order valence-corrected chi connectivity index (χ1v) is 3.65. The molecule has 0 amide bonds. The van der Waals surface area contributed by atoms with E-state index >= 15 is 0 Å². The van der Waals surface area contributed by atoms with Gasteiger partial charge in [-0.1, -0.05) is 0 Å². The third kappa shape index (κ3) is 0.736. The van der Waals surface area contributed by atoms with Crippen LogP contribution in [0.5, 0.6) is 0 Å². The van der Waals surface area contributed by atoms with Crippen molar-refractivity contribution in [1.82, 2.24) is 0 Å². The SMILES string of the molecule is O=C(O)[C@H]1C[C@@H]2CC[C@H]1O2. The molecular weight excluding hydrogens is 132 g/mol. The minimum absolute atomic E-state index is 0.0301. The highest BCUT2D eigenvalue weighted by Crippen LogP contribution is 2.38. The van der Waals surface area contributed by atoms with E-state index in [0.717, 1.165) is 19.3 Å². The molecule has 2 bridgehead atoms. The molecule has 10 heavy (non-hydrogen) atoms. The Kier molecular flexibility index (Phi) is 1.20. The Labute approximate surface area is 59.0 Å². The second-order valence-electron chi connectivity index (χ2n) is 3.05. The van der Waals surface area contributed by atoms with E-state index in [1.807, 2.05) is 0 Å². The molecule has 2 saturated heterocycles. The third-order valence-corrected chi connectivity index (χ3v) is 2.42. The van der Waals surface area contributed by atoms with Crippen molar-refractivity contribution in [3.8, 4) is 0 Å². The van der Waals surface area contributed by atoms with Gasteiger partial charge >= 0.3 is 5.97 Å². The van der Waals surface area contributed by atoms with E-state index in [4.69, 9.17) is 9.84 Å². The monoisotopic (exact) mass is 142 g/mol. The summed E-state index contributed by atoms with van der Waals surface area (Å²) in [6.45, 7) is 0. The van der Waals surface area contributed by atoms with Crippen molar-refractivity contribution < 1.29 is 14.6 Å². The highest BCUT2D eigenvalue weighted by atomic mass is 16.5. The summed E-state index contributed by atoms with van der Waals surface area (Å²) in [5.41, 5.74) is 0.